The number of aromatic nitrogens is 2. The Morgan fingerprint density at radius 2 is 1.89 bits per heavy atom. The van der Waals surface area contributed by atoms with E-state index in [0.717, 1.165) is 11.3 Å². The number of nitrogens with zero attached hydrogens (tertiary/aromatic N) is 4. The molecule has 36 heavy (non-hydrogen) atoms. The van der Waals surface area contributed by atoms with Crippen molar-refractivity contribution < 1.29 is 14.4 Å². The largest absolute Gasteiger partial charge is 0.335 e. The molecule has 1 aromatic carbocycles. The SMILES string of the molecule is Cl.Cl.NCCC(=O)C1Cc2cccc3c2N1C=CN=C3C1=C(c2cnc3ccccn23)C(=O)NC1=O. The first kappa shape index (κ1) is 25.3. The predicted octanol–water partition coefficient (Wildman–Crippen LogP) is 2.21. The highest BCUT2D eigenvalue weighted by Crippen LogP contribution is 2.40. The van der Waals surface area contributed by atoms with Crippen LogP contribution in [0, 0.1) is 0 Å². The molecular formula is C25H22Cl2N6O3. The first-order chi connectivity index (χ1) is 16.6. The Balaban J connectivity index is 0.00000152. The molecule has 1 unspecified atom stereocenters. The molecule has 0 spiro atoms. The molecule has 9 nitrogen and oxygen atoms in total. The number of benzene rings is 1. The van der Waals surface area contributed by atoms with Crippen molar-refractivity contribution in [2.75, 3.05) is 11.4 Å². The van der Waals surface area contributed by atoms with Crippen molar-refractivity contribution in [3.63, 3.8) is 0 Å². The topological polar surface area (TPSA) is 122 Å². The van der Waals surface area contributed by atoms with Crippen LogP contribution in [-0.4, -0.2) is 45.3 Å². The van der Waals surface area contributed by atoms with Gasteiger partial charge in [-0.3, -0.25) is 29.1 Å². The van der Waals surface area contributed by atoms with E-state index < -0.39 is 11.8 Å². The number of aliphatic imine (C=N–C) groups is 1. The summed E-state index contributed by atoms with van der Waals surface area (Å²) in [4.78, 5) is 49.7. The minimum absolute atomic E-state index is 0. The summed E-state index contributed by atoms with van der Waals surface area (Å²) in [6.45, 7) is 0.287. The van der Waals surface area contributed by atoms with Crippen LogP contribution in [0.2, 0.25) is 0 Å². The van der Waals surface area contributed by atoms with Crippen LogP contribution in [0.5, 0.6) is 0 Å². The fraction of sp³-hybridized carbons (Fsp3) is 0.160. The zero-order chi connectivity index (χ0) is 23.4. The van der Waals surface area contributed by atoms with Crippen LogP contribution in [0.4, 0.5) is 5.69 Å². The number of anilines is 1. The van der Waals surface area contributed by atoms with Crippen molar-refractivity contribution in [1.29, 1.82) is 0 Å². The second-order valence-corrected chi connectivity index (χ2v) is 8.33. The quantitative estimate of drug-likeness (QED) is 0.493. The third-order valence-corrected chi connectivity index (χ3v) is 6.42. The number of fused-ring (bicyclic) bond motifs is 1. The Labute approximate surface area is 218 Å². The van der Waals surface area contributed by atoms with Gasteiger partial charge in [-0.1, -0.05) is 24.3 Å². The average Bonchev–Trinajstić information content (AvgIpc) is 3.45. The molecule has 184 valence electrons. The predicted molar refractivity (Wildman–Crippen MR) is 141 cm³/mol. The van der Waals surface area contributed by atoms with Gasteiger partial charge in [0.05, 0.1) is 40.5 Å². The molecule has 0 bridgehead atoms. The fourth-order valence-corrected chi connectivity index (χ4v) is 4.96. The summed E-state index contributed by atoms with van der Waals surface area (Å²) >= 11 is 0. The van der Waals surface area contributed by atoms with E-state index in [1.54, 1.807) is 29.2 Å². The van der Waals surface area contributed by atoms with Gasteiger partial charge < -0.3 is 10.6 Å². The highest BCUT2D eigenvalue weighted by Gasteiger charge is 2.40. The van der Waals surface area contributed by atoms with Crippen molar-refractivity contribution in [3.8, 4) is 0 Å². The Morgan fingerprint density at radius 1 is 1.08 bits per heavy atom. The molecule has 0 fully saturated rings. The molecule has 2 aromatic heterocycles. The van der Waals surface area contributed by atoms with Crippen LogP contribution < -0.4 is 16.0 Å². The van der Waals surface area contributed by atoms with Gasteiger partial charge in [0, 0.05) is 37.0 Å². The van der Waals surface area contributed by atoms with Crippen LogP contribution in [0.3, 0.4) is 0 Å². The molecule has 3 aliphatic rings. The maximum atomic E-state index is 13.1. The number of imidazole rings is 1. The lowest BCUT2D eigenvalue weighted by molar-refractivity contribution is -0.123. The van der Waals surface area contributed by atoms with Gasteiger partial charge in [0.15, 0.2) is 5.78 Å². The van der Waals surface area contributed by atoms with E-state index in [2.05, 4.69) is 15.3 Å². The number of hydrogen-bond donors (Lipinski definition) is 2. The molecule has 6 rings (SSSR count). The van der Waals surface area contributed by atoms with Crippen molar-refractivity contribution >= 4 is 65.0 Å². The molecule has 5 heterocycles. The third-order valence-electron chi connectivity index (χ3n) is 6.42. The number of amides is 2. The van der Waals surface area contributed by atoms with E-state index in [0.29, 0.717) is 29.0 Å². The van der Waals surface area contributed by atoms with Gasteiger partial charge in [-0.25, -0.2) is 4.98 Å². The number of nitrogens with two attached hydrogens (primary N) is 1. The Bertz CT molecular complexity index is 1510. The molecular weight excluding hydrogens is 503 g/mol. The zero-order valence-corrected chi connectivity index (χ0v) is 20.5. The number of nitrogens with one attached hydrogen (secondary N) is 1. The van der Waals surface area contributed by atoms with Crippen LogP contribution in [0.25, 0.3) is 11.2 Å². The van der Waals surface area contributed by atoms with Crippen molar-refractivity contribution in [2.24, 2.45) is 10.7 Å². The van der Waals surface area contributed by atoms with Gasteiger partial charge in [0.2, 0.25) is 0 Å². The summed E-state index contributed by atoms with van der Waals surface area (Å²) in [5.41, 5.74) is 10.1. The fourth-order valence-electron chi connectivity index (χ4n) is 4.96. The van der Waals surface area contributed by atoms with E-state index in [1.165, 1.54) is 0 Å². The summed E-state index contributed by atoms with van der Waals surface area (Å²) in [6, 6.07) is 10.8. The van der Waals surface area contributed by atoms with Crippen LogP contribution in [0.15, 0.2) is 71.8 Å². The number of ketones is 1. The van der Waals surface area contributed by atoms with Crippen molar-refractivity contribution in [1.82, 2.24) is 14.7 Å². The Hall–Kier alpha value is -3.79. The van der Waals surface area contributed by atoms with Gasteiger partial charge >= 0.3 is 0 Å². The smallest absolute Gasteiger partial charge is 0.261 e. The second-order valence-electron chi connectivity index (χ2n) is 8.33. The number of hydrogen-bond acceptors (Lipinski definition) is 7. The van der Waals surface area contributed by atoms with Crippen LogP contribution in [-0.2, 0) is 20.8 Å². The summed E-state index contributed by atoms with van der Waals surface area (Å²) in [7, 11) is 0. The van der Waals surface area contributed by atoms with Crippen molar-refractivity contribution in [3.05, 3.63) is 83.6 Å². The number of imide groups is 1. The Morgan fingerprint density at radius 3 is 2.69 bits per heavy atom. The lowest BCUT2D eigenvalue weighted by Crippen LogP contribution is -2.36. The van der Waals surface area contributed by atoms with Crippen LogP contribution >= 0.6 is 24.8 Å². The number of rotatable bonds is 5. The number of para-hydroxylation sites is 1. The monoisotopic (exact) mass is 524 g/mol. The standard InChI is InChI=1S/C25H20N6O3.2ClH/c26-8-7-18(32)16-12-14-4-3-5-15-22(27-9-11-31(16)23(14)15)21-20(24(33)29-25(21)34)17-13-28-19-6-1-2-10-30(17)19;;/h1-6,9-11,13,16H,7-8,12,26H2,(H,29,33,34);2*1H. The van der Waals surface area contributed by atoms with E-state index in [4.69, 9.17) is 5.73 Å². The van der Waals surface area contributed by atoms with E-state index in [-0.39, 0.29) is 60.8 Å². The van der Waals surface area contributed by atoms with E-state index >= 15 is 0 Å². The van der Waals surface area contributed by atoms with Gasteiger partial charge in [-0.15, -0.1) is 24.8 Å². The Kier molecular flexibility index (Phi) is 6.81. The first-order valence-electron chi connectivity index (χ1n) is 11.0. The average molecular weight is 525 g/mol. The summed E-state index contributed by atoms with van der Waals surface area (Å²) in [5.74, 6) is -0.961. The zero-order valence-electron chi connectivity index (χ0n) is 18.9. The maximum absolute atomic E-state index is 13.1. The first-order valence-corrected chi connectivity index (χ1v) is 11.0. The number of Topliss-reactive ketones (excluding diaryl/α,β-unsaturated/α-hetero) is 1. The van der Waals surface area contributed by atoms with Crippen LogP contribution in [0.1, 0.15) is 23.2 Å². The van der Waals surface area contributed by atoms with Gasteiger partial charge in [0.25, 0.3) is 11.8 Å². The minimum atomic E-state index is -0.516. The highest BCUT2D eigenvalue weighted by molar-refractivity contribution is 6.47. The van der Waals surface area contributed by atoms with Gasteiger partial charge in [0.1, 0.15) is 5.65 Å². The van der Waals surface area contributed by atoms with E-state index in [9.17, 15) is 14.4 Å². The lowest BCUT2D eigenvalue weighted by Gasteiger charge is -2.23. The molecule has 3 aromatic rings. The second kappa shape index (κ2) is 9.69. The molecule has 11 heteroatoms. The number of carbonyl (C=O) groups is 3. The molecule has 0 radical (unpaired) electrons. The summed E-state index contributed by atoms with van der Waals surface area (Å²) < 4.78 is 1.77. The number of pyridine rings is 1. The normalized spacial score (nSPS) is 17.9. The molecule has 0 aliphatic carbocycles. The maximum Gasteiger partial charge on any atom is 0.261 e. The van der Waals surface area contributed by atoms with E-state index in [1.807, 2.05) is 41.3 Å². The molecule has 0 saturated carbocycles. The molecule has 3 N–H and O–H groups in total. The van der Waals surface area contributed by atoms with Gasteiger partial charge in [-0.2, -0.15) is 0 Å². The number of halogens is 2. The van der Waals surface area contributed by atoms with Crippen molar-refractivity contribution in [2.45, 2.75) is 18.9 Å². The molecule has 1 atom stereocenters. The molecule has 0 saturated heterocycles. The molecule has 3 aliphatic heterocycles. The number of carbonyl (C=O) groups excluding carboxylic acids is 3. The summed E-state index contributed by atoms with van der Waals surface area (Å²) in [5, 5.41) is 2.42. The minimum Gasteiger partial charge on any atom is -0.335 e. The molecule has 2 amide bonds. The third kappa shape index (κ3) is 3.72. The highest BCUT2D eigenvalue weighted by atomic mass is 35.5. The lowest BCUT2D eigenvalue weighted by atomic mass is 9.94. The summed E-state index contributed by atoms with van der Waals surface area (Å²) in [6.07, 6.45) is 7.53. The van der Waals surface area contributed by atoms with Gasteiger partial charge in [-0.05, 0) is 24.2 Å².